The van der Waals surface area contributed by atoms with Gasteiger partial charge in [-0.3, -0.25) is 0 Å². The second-order valence-electron chi connectivity index (χ2n) is 12.2. The van der Waals surface area contributed by atoms with Gasteiger partial charge in [-0.25, -0.2) is 0 Å². The van der Waals surface area contributed by atoms with E-state index in [1.807, 2.05) is 24.3 Å². The fourth-order valence-corrected chi connectivity index (χ4v) is 7.27. The van der Waals surface area contributed by atoms with Gasteiger partial charge in [0.25, 0.3) is 0 Å². The Morgan fingerprint density at radius 3 is 2.00 bits per heavy atom. The molecule has 4 aromatic carbocycles. The highest BCUT2D eigenvalue weighted by Crippen LogP contribution is 2.45. The van der Waals surface area contributed by atoms with Crippen molar-refractivity contribution in [1.29, 1.82) is 0 Å². The third-order valence-corrected chi connectivity index (χ3v) is 9.80. The van der Waals surface area contributed by atoms with Crippen LogP contribution in [0.4, 0.5) is 0 Å². The summed E-state index contributed by atoms with van der Waals surface area (Å²) < 4.78 is 26.1. The van der Waals surface area contributed by atoms with E-state index >= 15 is 0 Å². The molecule has 1 unspecified atom stereocenters. The average Bonchev–Trinajstić information content (AvgIpc) is 3.57. The summed E-state index contributed by atoms with van der Waals surface area (Å²) in [4.78, 5) is 0. The van der Waals surface area contributed by atoms with Gasteiger partial charge in [0, 0.05) is 10.9 Å². The molecule has 0 radical (unpaired) electrons. The molecule has 0 N–H and O–H groups in total. The molecule has 1 heterocycles. The Morgan fingerprint density at radius 1 is 0.773 bits per heavy atom. The lowest BCUT2D eigenvalue weighted by Gasteiger charge is -2.46. The summed E-state index contributed by atoms with van der Waals surface area (Å²) >= 11 is 7.16. The van der Waals surface area contributed by atoms with Gasteiger partial charge in [-0.05, 0) is 83.2 Å². The Kier molecular flexibility index (Phi) is 10.0. The van der Waals surface area contributed by atoms with Crippen molar-refractivity contribution in [3.8, 4) is 5.75 Å². The first-order chi connectivity index (χ1) is 21.6. The molecule has 4 nitrogen and oxygen atoms in total. The summed E-state index contributed by atoms with van der Waals surface area (Å²) in [5, 5.41) is 0.895. The van der Waals surface area contributed by atoms with E-state index in [9.17, 15) is 0 Å². The molecule has 4 aromatic rings. The second-order valence-corrected chi connectivity index (χ2v) is 12.5. The predicted molar refractivity (Wildman–Crippen MR) is 176 cm³/mol. The third-order valence-electron chi connectivity index (χ3n) is 9.32. The van der Waals surface area contributed by atoms with E-state index in [4.69, 9.17) is 30.5 Å². The fraction of sp³-hybridized carbons (Fsp3) is 0.385. The molecule has 0 amide bonds. The van der Waals surface area contributed by atoms with Crippen LogP contribution in [-0.2, 0) is 46.7 Å². The van der Waals surface area contributed by atoms with E-state index in [1.165, 1.54) is 22.3 Å². The van der Waals surface area contributed by atoms with E-state index in [0.29, 0.717) is 13.2 Å². The highest BCUT2D eigenvalue weighted by molar-refractivity contribution is 6.32. The normalized spacial score (nSPS) is 23.0. The van der Waals surface area contributed by atoms with Crippen molar-refractivity contribution in [3.05, 3.63) is 135 Å². The first-order valence-corrected chi connectivity index (χ1v) is 16.4. The highest BCUT2D eigenvalue weighted by Gasteiger charge is 2.46. The first kappa shape index (κ1) is 30.9. The van der Waals surface area contributed by atoms with Crippen molar-refractivity contribution in [3.63, 3.8) is 0 Å². The average molecular weight is 611 g/mol. The number of halogens is 1. The van der Waals surface area contributed by atoms with Crippen molar-refractivity contribution in [1.82, 2.24) is 0 Å². The van der Waals surface area contributed by atoms with Gasteiger partial charge in [-0.1, -0.05) is 104 Å². The molecule has 1 aliphatic heterocycles. The van der Waals surface area contributed by atoms with Gasteiger partial charge in [0.1, 0.15) is 18.0 Å². The molecule has 0 saturated carbocycles. The summed E-state index contributed by atoms with van der Waals surface area (Å²) in [6.45, 7) is 5.49. The third kappa shape index (κ3) is 6.74. The monoisotopic (exact) mass is 610 g/mol. The predicted octanol–water partition coefficient (Wildman–Crippen LogP) is 9.08. The van der Waals surface area contributed by atoms with Gasteiger partial charge in [-0.15, -0.1) is 0 Å². The van der Waals surface area contributed by atoms with E-state index in [1.54, 1.807) is 7.11 Å². The molecule has 0 aromatic heterocycles. The Morgan fingerprint density at radius 2 is 1.39 bits per heavy atom. The molecule has 1 aliphatic carbocycles. The van der Waals surface area contributed by atoms with E-state index in [-0.39, 0.29) is 30.3 Å². The number of ether oxygens (including phenoxy) is 4. The molecule has 5 atom stereocenters. The molecular formula is C39H43ClO4. The van der Waals surface area contributed by atoms with Crippen molar-refractivity contribution in [2.75, 3.05) is 7.11 Å². The van der Waals surface area contributed by atoms with Crippen LogP contribution in [0.1, 0.15) is 71.7 Å². The van der Waals surface area contributed by atoms with Crippen LogP contribution < -0.4 is 4.74 Å². The van der Waals surface area contributed by atoms with Gasteiger partial charge in [0.15, 0.2) is 0 Å². The largest absolute Gasteiger partial charge is 0.497 e. The molecular weight excluding hydrogens is 568 g/mol. The Bertz CT molecular complexity index is 1510. The van der Waals surface area contributed by atoms with Crippen LogP contribution in [0.15, 0.2) is 91.0 Å². The van der Waals surface area contributed by atoms with Crippen LogP contribution in [0.5, 0.6) is 5.75 Å². The number of methoxy groups -OCH3 is 1. The number of hydrogen-bond donors (Lipinski definition) is 0. The zero-order valence-electron chi connectivity index (χ0n) is 26.0. The Balaban J connectivity index is 1.39. The Hall–Kier alpha value is -3.15. The summed E-state index contributed by atoms with van der Waals surface area (Å²) in [5.41, 5.74) is 8.44. The smallest absolute Gasteiger partial charge is 0.118 e. The zero-order chi connectivity index (χ0) is 30.5. The summed E-state index contributed by atoms with van der Waals surface area (Å²) in [6.07, 6.45) is 4.10. The van der Waals surface area contributed by atoms with Crippen molar-refractivity contribution >= 4 is 11.6 Å². The van der Waals surface area contributed by atoms with Crippen LogP contribution in [0.3, 0.4) is 0 Å². The van der Waals surface area contributed by atoms with Crippen LogP contribution in [0.2, 0.25) is 5.02 Å². The minimum absolute atomic E-state index is 0.0510. The van der Waals surface area contributed by atoms with Crippen LogP contribution in [0, 0.1) is 5.92 Å². The SMILES string of the molecule is CC[C@H]1OC(c2cc(Cc3ccc(OC)cc3)c(Cl)c3c2CCC3)[C@H](OCc2ccccc2)[C@@H](OCc2ccccc2)[C@@H]1C. The Labute approximate surface area is 267 Å². The van der Waals surface area contributed by atoms with Gasteiger partial charge in [0.05, 0.1) is 32.5 Å². The summed E-state index contributed by atoms with van der Waals surface area (Å²) in [5.74, 6) is 1.02. The lowest BCUT2D eigenvalue weighted by Crippen LogP contribution is -2.52. The number of fused-ring (bicyclic) bond motifs is 1. The van der Waals surface area contributed by atoms with Crippen LogP contribution >= 0.6 is 11.6 Å². The van der Waals surface area contributed by atoms with Crippen LogP contribution in [0.25, 0.3) is 0 Å². The van der Waals surface area contributed by atoms with Crippen molar-refractivity contribution in [2.24, 2.45) is 5.92 Å². The van der Waals surface area contributed by atoms with Gasteiger partial charge >= 0.3 is 0 Å². The molecule has 0 spiro atoms. The molecule has 1 saturated heterocycles. The van der Waals surface area contributed by atoms with Crippen molar-refractivity contribution in [2.45, 2.75) is 83.6 Å². The number of hydrogen-bond acceptors (Lipinski definition) is 4. The summed E-state index contributed by atoms with van der Waals surface area (Å²) in [6, 6.07) is 31.4. The quantitative estimate of drug-likeness (QED) is 0.170. The van der Waals surface area contributed by atoms with Gasteiger partial charge in [-0.2, -0.15) is 0 Å². The number of benzene rings is 4. The molecule has 1 fully saturated rings. The molecule has 0 bridgehead atoms. The van der Waals surface area contributed by atoms with Crippen LogP contribution in [-0.4, -0.2) is 25.4 Å². The molecule has 6 rings (SSSR count). The lowest BCUT2D eigenvalue weighted by atomic mass is 9.82. The fourth-order valence-electron chi connectivity index (χ4n) is 6.94. The molecule has 44 heavy (non-hydrogen) atoms. The standard InChI is InChI=1S/C39H43ClO4/c1-4-35-26(2)37(42-24-28-12-7-5-8-13-28)39(43-25-29-14-9-6-10-15-29)38(44-35)34-23-30(36(40)33-17-11-16-32(33)34)22-27-18-20-31(41-3)21-19-27/h5-10,12-15,18-21,23,26,35,37-39H,4,11,16-17,22,24-25H2,1-3H3/t26-,35-,37+,38?,39-/m1/s1. The van der Waals surface area contributed by atoms with Crippen molar-refractivity contribution < 1.29 is 18.9 Å². The molecule has 5 heteroatoms. The van der Waals surface area contributed by atoms with Gasteiger partial charge in [0.2, 0.25) is 0 Å². The minimum Gasteiger partial charge on any atom is -0.497 e. The maximum absolute atomic E-state index is 7.16. The van der Waals surface area contributed by atoms with E-state index in [2.05, 4.69) is 80.6 Å². The zero-order valence-corrected chi connectivity index (χ0v) is 26.8. The second kappa shape index (κ2) is 14.3. The molecule has 2 aliphatic rings. The topological polar surface area (TPSA) is 36.9 Å². The van der Waals surface area contributed by atoms with E-state index < -0.39 is 0 Å². The first-order valence-electron chi connectivity index (χ1n) is 16.0. The number of rotatable bonds is 11. The van der Waals surface area contributed by atoms with Gasteiger partial charge < -0.3 is 18.9 Å². The minimum atomic E-state index is -0.281. The highest BCUT2D eigenvalue weighted by atomic mass is 35.5. The molecule has 230 valence electrons. The van der Waals surface area contributed by atoms with E-state index in [0.717, 1.165) is 59.6 Å². The maximum Gasteiger partial charge on any atom is 0.118 e. The summed E-state index contributed by atoms with van der Waals surface area (Å²) in [7, 11) is 1.69. The maximum atomic E-state index is 7.16. The lowest BCUT2D eigenvalue weighted by molar-refractivity contribution is -0.235.